The summed E-state index contributed by atoms with van der Waals surface area (Å²) in [5.41, 5.74) is 2.78. The second-order valence-corrected chi connectivity index (χ2v) is 6.95. The molecule has 1 aliphatic rings. The first-order valence-electron chi connectivity index (χ1n) is 9.34. The summed E-state index contributed by atoms with van der Waals surface area (Å²) < 4.78 is 5.14. The molecule has 1 aliphatic heterocycles. The Balaban J connectivity index is 1.48. The number of hydrogen-bond acceptors (Lipinski definition) is 3. The van der Waals surface area contributed by atoms with Gasteiger partial charge in [-0.2, -0.15) is 0 Å². The number of nitrogens with one attached hydrogen (secondary N) is 1. The number of likely N-dealkylation sites (tertiary alicyclic amines) is 1. The van der Waals surface area contributed by atoms with Gasteiger partial charge in [-0.05, 0) is 49.1 Å². The van der Waals surface area contributed by atoms with Crippen LogP contribution in [-0.2, 0) is 11.3 Å². The lowest BCUT2D eigenvalue weighted by molar-refractivity contribution is -0.126. The SMILES string of the molecule is COc1ccc(CNC(=O)C2CCN(C(=O)c3ccccc3C)CC2)cc1. The number of rotatable bonds is 5. The maximum atomic E-state index is 12.7. The zero-order chi connectivity index (χ0) is 19.2. The van der Waals surface area contributed by atoms with E-state index in [9.17, 15) is 9.59 Å². The third kappa shape index (κ3) is 4.67. The first-order chi connectivity index (χ1) is 13.1. The van der Waals surface area contributed by atoms with Crippen LogP contribution in [0.3, 0.4) is 0 Å². The van der Waals surface area contributed by atoms with Gasteiger partial charge in [-0.25, -0.2) is 0 Å². The molecule has 0 atom stereocenters. The Kier molecular flexibility index (Phi) is 6.12. The normalized spacial score (nSPS) is 14.7. The molecule has 142 valence electrons. The summed E-state index contributed by atoms with van der Waals surface area (Å²) in [5.74, 6) is 0.888. The highest BCUT2D eigenvalue weighted by molar-refractivity contribution is 5.95. The van der Waals surface area contributed by atoms with Crippen molar-refractivity contribution in [3.05, 3.63) is 65.2 Å². The molecule has 1 heterocycles. The predicted molar refractivity (Wildman–Crippen MR) is 105 cm³/mol. The van der Waals surface area contributed by atoms with Crippen LogP contribution in [0, 0.1) is 12.8 Å². The predicted octanol–water partition coefficient (Wildman–Crippen LogP) is 3.17. The molecule has 0 aliphatic carbocycles. The van der Waals surface area contributed by atoms with Crippen LogP contribution in [0.2, 0.25) is 0 Å². The van der Waals surface area contributed by atoms with Gasteiger partial charge in [0.2, 0.25) is 5.91 Å². The molecule has 1 fully saturated rings. The van der Waals surface area contributed by atoms with Gasteiger partial charge in [0.05, 0.1) is 7.11 Å². The van der Waals surface area contributed by atoms with Gasteiger partial charge in [0, 0.05) is 31.1 Å². The highest BCUT2D eigenvalue weighted by Gasteiger charge is 2.28. The Morgan fingerprint density at radius 1 is 1.07 bits per heavy atom. The maximum Gasteiger partial charge on any atom is 0.254 e. The van der Waals surface area contributed by atoms with Crippen molar-refractivity contribution in [1.29, 1.82) is 0 Å². The molecule has 2 aromatic rings. The van der Waals surface area contributed by atoms with E-state index in [0.29, 0.717) is 32.5 Å². The average molecular weight is 366 g/mol. The van der Waals surface area contributed by atoms with Gasteiger partial charge in [0.1, 0.15) is 5.75 Å². The van der Waals surface area contributed by atoms with E-state index in [1.165, 1.54) is 0 Å². The Morgan fingerprint density at radius 2 is 1.74 bits per heavy atom. The Hall–Kier alpha value is -2.82. The first-order valence-corrected chi connectivity index (χ1v) is 9.34. The van der Waals surface area contributed by atoms with Crippen LogP contribution in [-0.4, -0.2) is 36.9 Å². The van der Waals surface area contributed by atoms with Crippen molar-refractivity contribution in [1.82, 2.24) is 10.2 Å². The summed E-state index contributed by atoms with van der Waals surface area (Å²) in [6, 6.07) is 15.3. The van der Waals surface area contributed by atoms with Gasteiger partial charge < -0.3 is 15.0 Å². The summed E-state index contributed by atoms with van der Waals surface area (Å²) in [6.07, 6.45) is 1.40. The molecule has 3 rings (SSSR count). The van der Waals surface area contributed by atoms with Gasteiger partial charge in [0.25, 0.3) is 5.91 Å². The van der Waals surface area contributed by atoms with Crippen LogP contribution in [0.25, 0.3) is 0 Å². The summed E-state index contributed by atoms with van der Waals surface area (Å²) in [4.78, 5) is 27.0. The number of aryl methyl sites for hydroxylation is 1. The van der Waals surface area contributed by atoms with Crippen molar-refractivity contribution in [2.75, 3.05) is 20.2 Å². The number of hydrogen-bond donors (Lipinski definition) is 1. The van der Waals surface area contributed by atoms with Crippen molar-refractivity contribution in [2.24, 2.45) is 5.92 Å². The van der Waals surface area contributed by atoms with Gasteiger partial charge in [-0.1, -0.05) is 30.3 Å². The molecule has 0 aromatic heterocycles. The molecule has 5 heteroatoms. The third-order valence-electron chi connectivity index (χ3n) is 5.15. The zero-order valence-electron chi connectivity index (χ0n) is 15.9. The second kappa shape index (κ2) is 8.71. The molecule has 27 heavy (non-hydrogen) atoms. The standard InChI is InChI=1S/C22H26N2O3/c1-16-5-3-4-6-20(16)22(26)24-13-11-18(12-14-24)21(25)23-15-17-7-9-19(27-2)10-8-17/h3-10,18H,11-15H2,1-2H3,(H,23,25). The molecule has 5 nitrogen and oxygen atoms in total. The number of carbonyl (C=O) groups is 2. The molecule has 0 spiro atoms. The largest absolute Gasteiger partial charge is 0.497 e. The van der Waals surface area contributed by atoms with E-state index in [1.807, 2.05) is 60.4 Å². The minimum Gasteiger partial charge on any atom is -0.497 e. The molecule has 2 aromatic carbocycles. The van der Waals surface area contributed by atoms with E-state index in [4.69, 9.17) is 4.74 Å². The van der Waals surface area contributed by atoms with Crippen LogP contribution < -0.4 is 10.1 Å². The molecule has 0 saturated carbocycles. The molecule has 0 radical (unpaired) electrons. The van der Waals surface area contributed by atoms with E-state index in [0.717, 1.165) is 22.4 Å². The van der Waals surface area contributed by atoms with Crippen molar-refractivity contribution in [3.8, 4) is 5.75 Å². The number of nitrogens with zero attached hydrogens (tertiary/aromatic N) is 1. The maximum absolute atomic E-state index is 12.7. The number of methoxy groups -OCH3 is 1. The van der Waals surface area contributed by atoms with Crippen molar-refractivity contribution in [2.45, 2.75) is 26.3 Å². The molecule has 2 amide bonds. The van der Waals surface area contributed by atoms with Gasteiger partial charge in [-0.15, -0.1) is 0 Å². The van der Waals surface area contributed by atoms with E-state index < -0.39 is 0 Å². The van der Waals surface area contributed by atoms with Gasteiger partial charge >= 0.3 is 0 Å². The lowest BCUT2D eigenvalue weighted by Crippen LogP contribution is -2.43. The summed E-state index contributed by atoms with van der Waals surface area (Å²) in [7, 11) is 1.63. The molecule has 0 bridgehead atoms. The fraction of sp³-hybridized carbons (Fsp3) is 0.364. The van der Waals surface area contributed by atoms with Crippen LogP contribution in [0.5, 0.6) is 5.75 Å². The molecular formula is C22H26N2O3. The monoisotopic (exact) mass is 366 g/mol. The Morgan fingerprint density at radius 3 is 2.37 bits per heavy atom. The summed E-state index contributed by atoms with van der Waals surface area (Å²) in [5, 5.41) is 3.01. The van der Waals surface area contributed by atoms with E-state index in [-0.39, 0.29) is 17.7 Å². The van der Waals surface area contributed by atoms with Crippen molar-refractivity contribution >= 4 is 11.8 Å². The first kappa shape index (κ1) is 19.0. The molecular weight excluding hydrogens is 340 g/mol. The fourth-order valence-corrected chi connectivity index (χ4v) is 3.40. The summed E-state index contributed by atoms with van der Waals surface area (Å²) >= 11 is 0. The van der Waals surface area contributed by atoms with Crippen molar-refractivity contribution in [3.63, 3.8) is 0 Å². The summed E-state index contributed by atoms with van der Waals surface area (Å²) in [6.45, 7) is 3.69. The lowest BCUT2D eigenvalue weighted by atomic mass is 9.95. The number of carbonyl (C=O) groups excluding carboxylic acids is 2. The number of piperidine rings is 1. The second-order valence-electron chi connectivity index (χ2n) is 6.95. The number of benzene rings is 2. The zero-order valence-corrected chi connectivity index (χ0v) is 15.9. The Bertz CT molecular complexity index is 793. The minimum atomic E-state index is -0.0378. The van der Waals surface area contributed by atoms with Crippen LogP contribution in [0.4, 0.5) is 0 Å². The van der Waals surface area contributed by atoms with E-state index in [2.05, 4.69) is 5.32 Å². The Labute approximate surface area is 160 Å². The highest BCUT2D eigenvalue weighted by atomic mass is 16.5. The fourth-order valence-electron chi connectivity index (χ4n) is 3.40. The number of amides is 2. The minimum absolute atomic E-state index is 0.0378. The average Bonchev–Trinajstić information content (AvgIpc) is 2.72. The highest BCUT2D eigenvalue weighted by Crippen LogP contribution is 2.21. The van der Waals surface area contributed by atoms with Crippen LogP contribution >= 0.6 is 0 Å². The lowest BCUT2D eigenvalue weighted by Gasteiger charge is -2.31. The van der Waals surface area contributed by atoms with Gasteiger partial charge in [0.15, 0.2) is 0 Å². The molecule has 1 N–H and O–H groups in total. The molecule has 0 unspecified atom stereocenters. The smallest absolute Gasteiger partial charge is 0.254 e. The van der Waals surface area contributed by atoms with E-state index in [1.54, 1.807) is 7.11 Å². The number of ether oxygens (including phenoxy) is 1. The van der Waals surface area contributed by atoms with Crippen LogP contribution in [0.1, 0.15) is 34.3 Å². The molecule has 1 saturated heterocycles. The van der Waals surface area contributed by atoms with Gasteiger partial charge in [-0.3, -0.25) is 9.59 Å². The van der Waals surface area contributed by atoms with Crippen LogP contribution in [0.15, 0.2) is 48.5 Å². The van der Waals surface area contributed by atoms with E-state index >= 15 is 0 Å². The topological polar surface area (TPSA) is 58.6 Å². The quantitative estimate of drug-likeness (QED) is 0.884. The van der Waals surface area contributed by atoms with Crippen molar-refractivity contribution < 1.29 is 14.3 Å². The third-order valence-corrected chi connectivity index (χ3v) is 5.15.